The Bertz CT molecular complexity index is 623. The minimum atomic E-state index is -0.293. The van der Waals surface area contributed by atoms with Crippen LogP contribution >= 0.6 is 0 Å². The lowest BCUT2D eigenvalue weighted by atomic mass is 10.0. The molecule has 0 aliphatic carbocycles. The van der Waals surface area contributed by atoms with Gasteiger partial charge in [0, 0.05) is 11.3 Å². The Kier molecular flexibility index (Phi) is 4.03. The van der Waals surface area contributed by atoms with Crippen LogP contribution in [0.15, 0.2) is 42.5 Å². The van der Waals surface area contributed by atoms with Gasteiger partial charge in [-0.1, -0.05) is 18.2 Å². The molecule has 4 heteroatoms. The lowest BCUT2D eigenvalue weighted by Gasteiger charge is -2.16. The van der Waals surface area contributed by atoms with Crippen molar-refractivity contribution in [3.63, 3.8) is 0 Å². The van der Waals surface area contributed by atoms with Gasteiger partial charge in [-0.2, -0.15) is 0 Å². The van der Waals surface area contributed by atoms with Crippen molar-refractivity contribution in [3.05, 3.63) is 65.0 Å². The predicted octanol–water partition coefficient (Wildman–Crippen LogP) is 3.21. The average molecular weight is 272 g/mol. The van der Waals surface area contributed by atoms with Gasteiger partial charge in [0.15, 0.2) is 0 Å². The molecule has 1 atom stereocenters. The van der Waals surface area contributed by atoms with E-state index in [4.69, 9.17) is 5.73 Å². The topological polar surface area (TPSA) is 55.1 Å². The van der Waals surface area contributed by atoms with Gasteiger partial charge in [-0.25, -0.2) is 4.39 Å². The maximum atomic E-state index is 12.9. The van der Waals surface area contributed by atoms with Crippen molar-refractivity contribution in [2.45, 2.75) is 19.9 Å². The third-order valence-corrected chi connectivity index (χ3v) is 3.34. The van der Waals surface area contributed by atoms with Crippen molar-refractivity contribution in [2.24, 2.45) is 0 Å². The Morgan fingerprint density at radius 2 is 1.85 bits per heavy atom. The van der Waals surface area contributed by atoms with Gasteiger partial charge >= 0.3 is 0 Å². The molecule has 3 N–H and O–H groups in total. The van der Waals surface area contributed by atoms with Crippen LogP contribution in [0.1, 0.15) is 34.5 Å². The van der Waals surface area contributed by atoms with E-state index in [-0.39, 0.29) is 17.8 Å². The van der Waals surface area contributed by atoms with Gasteiger partial charge in [-0.3, -0.25) is 4.79 Å². The first kappa shape index (κ1) is 14.1. The summed E-state index contributed by atoms with van der Waals surface area (Å²) in [5.74, 6) is -0.481. The standard InChI is InChI=1S/C16H17FN2O/c1-10-14(4-3-5-15(10)18)16(20)19-11(2)12-6-8-13(17)9-7-12/h3-9,11H,18H2,1-2H3,(H,19,20)/t11-/m1/s1. The highest BCUT2D eigenvalue weighted by molar-refractivity contribution is 5.97. The maximum Gasteiger partial charge on any atom is 0.252 e. The number of amides is 1. The van der Waals surface area contributed by atoms with Gasteiger partial charge in [0.1, 0.15) is 5.82 Å². The zero-order valence-electron chi connectivity index (χ0n) is 11.5. The predicted molar refractivity (Wildman–Crippen MR) is 77.9 cm³/mol. The summed E-state index contributed by atoms with van der Waals surface area (Å²) in [4.78, 5) is 12.2. The number of nitrogens with one attached hydrogen (secondary N) is 1. The minimum Gasteiger partial charge on any atom is -0.398 e. The Balaban J connectivity index is 2.15. The van der Waals surface area contributed by atoms with E-state index in [1.165, 1.54) is 12.1 Å². The summed E-state index contributed by atoms with van der Waals surface area (Å²) in [6.45, 7) is 3.67. The second-order valence-corrected chi connectivity index (χ2v) is 4.77. The minimum absolute atomic E-state index is 0.188. The fraction of sp³-hybridized carbons (Fsp3) is 0.188. The number of nitrogens with two attached hydrogens (primary N) is 1. The monoisotopic (exact) mass is 272 g/mol. The molecule has 0 saturated heterocycles. The zero-order valence-corrected chi connectivity index (χ0v) is 11.5. The average Bonchev–Trinajstić information content (AvgIpc) is 2.42. The molecule has 2 rings (SSSR count). The molecule has 1 amide bonds. The SMILES string of the molecule is Cc1c(N)cccc1C(=O)N[C@H](C)c1ccc(F)cc1. The molecule has 0 unspecified atom stereocenters. The molecule has 0 aliphatic rings. The molecular formula is C16H17FN2O. The summed E-state index contributed by atoms with van der Waals surface area (Å²) in [7, 11) is 0. The molecular weight excluding hydrogens is 255 g/mol. The second-order valence-electron chi connectivity index (χ2n) is 4.77. The Labute approximate surface area is 117 Å². The molecule has 0 bridgehead atoms. The summed E-state index contributed by atoms with van der Waals surface area (Å²) in [6, 6.07) is 11.1. The van der Waals surface area contributed by atoms with Crippen LogP contribution in [-0.2, 0) is 0 Å². The fourth-order valence-electron chi connectivity index (χ4n) is 2.01. The molecule has 0 radical (unpaired) electrons. The van der Waals surface area contributed by atoms with Crippen molar-refractivity contribution < 1.29 is 9.18 Å². The van der Waals surface area contributed by atoms with Crippen LogP contribution in [0.2, 0.25) is 0 Å². The normalized spacial score (nSPS) is 11.9. The Morgan fingerprint density at radius 3 is 2.50 bits per heavy atom. The molecule has 20 heavy (non-hydrogen) atoms. The van der Waals surface area contributed by atoms with Crippen molar-refractivity contribution in [1.29, 1.82) is 0 Å². The summed E-state index contributed by atoms with van der Waals surface area (Å²) < 4.78 is 12.9. The van der Waals surface area contributed by atoms with E-state index < -0.39 is 0 Å². The molecule has 3 nitrogen and oxygen atoms in total. The fourth-order valence-corrected chi connectivity index (χ4v) is 2.01. The molecule has 2 aromatic carbocycles. The van der Waals surface area contributed by atoms with Crippen LogP contribution in [0.5, 0.6) is 0 Å². The first-order valence-electron chi connectivity index (χ1n) is 6.40. The van der Waals surface area contributed by atoms with Crippen LogP contribution in [0.4, 0.5) is 10.1 Å². The van der Waals surface area contributed by atoms with Gasteiger partial charge < -0.3 is 11.1 Å². The van der Waals surface area contributed by atoms with Crippen molar-refractivity contribution in [2.75, 3.05) is 5.73 Å². The maximum absolute atomic E-state index is 12.9. The highest BCUT2D eigenvalue weighted by atomic mass is 19.1. The molecule has 0 saturated carbocycles. The van der Waals surface area contributed by atoms with E-state index in [2.05, 4.69) is 5.32 Å². The molecule has 0 heterocycles. The third kappa shape index (κ3) is 2.96. The number of rotatable bonds is 3. The van der Waals surface area contributed by atoms with Gasteiger partial charge in [0.25, 0.3) is 5.91 Å². The van der Waals surface area contributed by atoms with E-state index in [9.17, 15) is 9.18 Å². The number of carbonyl (C=O) groups excluding carboxylic acids is 1. The summed E-state index contributed by atoms with van der Waals surface area (Å²) >= 11 is 0. The smallest absolute Gasteiger partial charge is 0.252 e. The van der Waals surface area contributed by atoms with Gasteiger partial charge in [-0.05, 0) is 49.2 Å². The number of hydrogen-bond donors (Lipinski definition) is 2. The molecule has 0 fully saturated rings. The lowest BCUT2D eigenvalue weighted by molar-refractivity contribution is 0.0939. The largest absolute Gasteiger partial charge is 0.398 e. The highest BCUT2D eigenvalue weighted by Crippen LogP contribution is 2.18. The highest BCUT2D eigenvalue weighted by Gasteiger charge is 2.14. The van der Waals surface area contributed by atoms with E-state index in [0.29, 0.717) is 11.3 Å². The van der Waals surface area contributed by atoms with Gasteiger partial charge in [0.05, 0.1) is 6.04 Å². The number of halogens is 1. The zero-order chi connectivity index (χ0) is 14.7. The van der Waals surface area contributed by atoms with Crippen LogP contribution in [0, 0.1) is 12.7 Å². The second kappa shape index (κ2) is 5.74. The number of nitrogen functional groups attached to an aromatic ring is 1. The number of benzene rings is 2. The number of hydrogen-bond acceptors (Lipinski definition) is 2. The van der Waals surface area contributed by atoms with Crippen molar-refractivity contribution in [3.8, 4) is 0 Å². The molecule has 0 aromatic heterocycles. The summed E-state index contributed by atoms with van der Waals surface area (Å²) in [6.07, 6.45) is 0. The van der Waals surface area contributed by atoms with Gasteiger partial charge in [0.2, 0.25) is 0 Å². The quantitative estimate of drug-likeness (QED) is 0.843. The van der Waals surface area contributed by atoms with Crippen molar-refractivity contribution in [1.82, 2.24) is 5.32 Å². The van der Waals surface area contributed by atoms with Crippen LogP contribution in [-0.4, -0.2) is 5.91 Å². The molecule has 0 spiro atoms. The van der Waals surface area contributed by atoms with Crippen LogP contribution in [0.25, 0.3) is 0 Å². The number of carbonyl (C=O) groups is 1. The first-order chi connectivity index (χ1) is 9.49. The van der Waals surface area contributed by atoms with E-state index in [1.807, 2.05) is 13.8 Å². The van der Waals surface area contributed by atoms with Crippen LogP contribution in [0.3, 0.4) is 0 Å². The van der Waals surface area contributed by atoms with Crippen molar-refractivity contribution >= 4 is 11.6 Å². The number of anilines is 1. The van der Waals surface area contributed by atoms with E-state index in [0.717, 1.165) is 11.1 Å². The van der Waals surface area contributed by atoms with Gasteiger partial charge in [-0.15, -0.1) is 0 Å². The van der Waals surface area contributed by atoms with Crippen LogP contribution < -0.4 is 11.1 Å². The summed E-state index contributed by atoms with van der Waals surface area (Å²) in [5.41, 5.74) is 8.55. The first-order valence-corrected chi connectivity index (χ1v) is 6.40. The Morgan fingerprint density at radius 1 is 1.20 bits per heavy atom. The molecule has 0 aliphatic heterocycles. The van der Waals surface area contributed by atoms with E-state index >= 15 is 0 Å². The van der Waals surface area contributed by atoms with E-state index in [1.54, 1.807) is 30.3 Å². The lowest BCUT2D eigenvalue weighted by Crippen LogP contribution is -2.27. The Hall–Kier alpha value is -2.36. The molecule has 104 valence electrons. The molecule has 2 aromatic rings. The third-order valence-electron chi connectivity index (χ3n) is 3.34. The summed E-state index contributed by atoms with van der Waals surface area (Å²) in [5, 5.41) is 2.88.